The van der Waals surface area contributed by atoms with Crippen molar-refractivity contribution in [3.05, 3.63) is 22.2 Å². The lowest BCUT2D eigenvalue weighted by Crippen LogP contribution is -2.48. The third-order valence-corrected chi connectivity index (χ3v) is 4.18. The summed E-state index contributed by atoms with van der Waals surface area (Å²) in [5.74, 6) is 0.397. The minimum absolute atomic E-state index is 0.420. The van der Waals surface area contributed by atoms with Gasteiger partial charge in [-0.1, -0.05) is 29.3 Å². The van der Waals surface area contributed by atoms with Crippen LogP contribution >= 0.6 is 15.9 Å². The second kappa shape index (κ2) is 7.66. The second-order valence-electron chi connectivity index (χ2n) is 5.04. The first-order valence-electron chi connectivity index (χ1n) is 6.76. The van der Waals surface area contributed by atoms with Crippen LogP contribution in [0.4, 0.5) is 0 Å². The summed E-state index contributed by atoms with van der Waals surface area (Å²) < 4.78 is 11.3. The maximum atomic E-state index is 11.4. The van der Waals surface area contributed by atoms with Gasteiger partial charge in [0.1, 0.15) is 5.54 Å². The standard InChI is InChI=1S/C15H22BrNO4/c1-5-6-15(2,14(18)19)17-9-10-7-12(20-3)13(21-4)8-11(10)16/h7-8,17H,5-6,9H2,1-4H3,(H,18,19). The summed E-state index contributed by atoms with van der Waals surface area (Å²) in [5.41, 5.74) is -0.0299. The summed E-state index contributed by atoms with van der Waals surface area (Å²) in [6.07, 6.45) is 1.36. The molecule has 6 heteroatoms. The van der Waals surface area contributed by atoms with Crippen molar-refractivity contribution in [2.75, 3.05) is 14.2 Å². The fourth-order valence-corrected chi connectivity index (χ4v) is 2.56. The van der Waals surface area contributed by atoms with E-state index < -0.39 is 11.5 Å². The molecular weight excluding hydrogens is 338 g/mol. The van der Waals surface area contributed by atoms with Crippen molar-refractivity contribution in [1.82, 2.24) is 5.32 Å². The summed E-state index contributed by atoms with van der Waals surface area (Å²) in [5, 5.41) is 12.5. The number of ether oxygens (including phenoxy) is 2. The number of carboxylic acid groups (broad SMARTS) is 1. The van der Waals surface area contributed by atoms with E-state index in [0.717, 1.165) is 16.5 Å². The van der Waals surface area contributed by atoms with Crippen LogP contribution in [0.25, 0.3) is 0 Å². The van der Waals surface area contributed by atoms with E-state index in [1.165, 1.54) is 0 Å². The van der Waals surface area contributed by atoms with E-state index >= 15 is 0 Å². The molecule has 0 saturated heterocycles. The Morgan fingerprint density at radius 2 is 1.90 bits per heavy atom. The lowest BCUT2D eigenvalue weighted by atomic mass is 9.96. The number of rotatable bonds is 8. The highest BCUT2D eigenvalue weighted by Gasteiger charge is 2.31. The number of aliphatic carboxylic acids is 1. The largest absolute Gasteiger partial charge is 0.493 e. The fourth-order valence-electron chi connectivity index (χ4n) is 2.09. The monoisotopic (exact) mass is 359 g/mol. The number of nitrogens with one attached hydrogen (secondary N) is 1. The zero-order valence-electron chi connectivity index (χ0n) is 12.8. The fraction of sp³-hybridized carbons (Fsp3) is 0.533. The maximum Gasteiger partial charge on any atom is 0.323 e. The Kier molecular flexibility index (Phi) is 6.48. The first-order chi connectivity index (χ1) is 9.87. The van der Waals surface area contributed by atoms with Gasteiger partial charge in [-0.15, -0.1) is 0 Å². The number of carboxylic acids is 1. The summed E-state index contributed by atoms with van der Waals surface area (Å²) >= 11 is 3.47. The quantitative estimate of drug-likeness (QED) is 0.745. The number of hydrogen-bond acceptors (Lipinski definition) is 4. The van der Waals surface area contributed by atoms with Crippen LogP contribution < -0.4 is 14.8 Å². The van der Waals surface area contributed by atoms with Crippen molar-refractivity contribution in [2.45, 2.75) is 38.8 Å². The molecule has 118 valence electrons. The molecule has 0 amide bonds. The molecule has 0 spiro atoms. The van der Waals surface area contributed by atoms with Crippen LogP contribution in [0.5, 0.6) is 11.5 Å². The van der Waals surface area contributed by atoms with Crippen LogP contribution in [0.1, 0.15) is 32.3 Å². The van der Waals surface area contributed by atoms with Gasteiger partial charge in [-0.2, -0.15) is 0 Å². The maximum absolute atomic E-state index is 11.4. The topological polar surface area (TPSA) is 67.8 Å². The molecule has 0 radical (unpaired) electrons. The van der Waals surface area contributed by atoms with Crippen molar-refractivity contribution < 1.29 is 19.4 Å². The molecule has 1 aromatic rings. The third-order valence-electron chi connectivity index (χ3n) is 3.44. The van der Waals surface area contributed by atoms with Gasteiger partial charge in [0.15, 0.2) is 11.5 Å². The summed E-state index contributed by atoms with van der Waals surface area (Å²) in [4.78, 5) is 11.4. The van der Waals surface area contributed by atoms with Gasteiger partial charge in [0.05, 0.1) is 14.2 Å². The smallest absolute Gasteiger partial charge is 0.323 e. The molecule has 0 heterocycles. The predicted molar refractivity (Wildman–Crippen MR) is 85.0 cm³/mol. The van der Waals surface area contributed by atoms with E-state index in [9.17, 15) is 9.90 Å². The minimum atomic E-state index is -0.943. The van der Waals surface area contributed by atoms with E-state index in [1.54, 1.807) is 21.1 Å². The highest BCUT2D eigenvalue weighted by molar-refractivity contribution is 9.10. The number of methoxy groups -OCH3 is 2. The number of halogens is 1. The van der Waals surface area contributed by atoms with Crippen LogP contribution in [0, 0.1) is 0 Å². The molecule has 0 aliphatic rings. The Morgan fingerprint density at radius 1 is 1.33 bits per heavy atom. The number of carbonyl (C=O) groups is 1. The lowest BCUT2D eigenvalue weighted by Gasteiger charge is -2.26. The van der Waals surface area contributed by atoms with Gasteiger partial charge in [-0.25, -0.2) is 0 Å². The highest BCUT2D eigenvalue weighted by Crippen LogP contribution is 2.33. The molecule has 0 bridgehead atoms. The SMILES string of the molecule is CCCC(C)(NCc1cc(OC)c(OC)cc1Br)C(=O)O. The normalized spacial score (nSPS) is 13.6. The molecule has 1 atom stereocenters. The molecule has 5 nitrogen and oxygen atoms in total. The molecule has 0 aliphatic heterocycles. The Labute approximate surface area is 133 Å². The zero-order valence-corrected chi connectivity index (χ0v) is 14.4. The van der Waals surface area contributed by atoms with Crippen molar-refractivity contribution in [3.63, 3.8) is 0 Å². The van der Waals surface area contributed by atoms with Crippen molar-refractivity contribution in [3.8, 4) is 11.5 Å². The van der Waals surface area contributed by atoms with Crippen LogP contribution in [-0.4, -0.2) is 30.8 Å². The van der Waals surface area contributed by atoms with Crippen LogP contribution in [-0.2, 0) is 11.3 Å². The minimum Gasteiger partial charge on any atom is -0.493 e. The molecule has 2 N–H and O–H groups in total. The Balaban J connectivity index is 2.95. The van der Waals surface area contributed by atoms with Crippen LogP contribution in [0.15, 0.2) is 16.6 Å². The Bertz CT molecular complexity index is 507. The van der Waals surface area contributed by atoms with E-state index in [0.29, 0.717) is 24.5 Å². The highest BCUT2D eigenvalue weighted by atomic mass is 79.9. The van der Waals surface area contributed by atoms with Crippen molar-refractivity contribution in [2.24, 2.45) is 0 Å². The molecule has 0 saturated carbocycles. The van der Waals surface area contributed by atoms with Gasteiger partial charge in [-0.3, -0.25) is 10.1 Å². The summed E-state index contributed by atoms with van der Waals surface area (Å²) in [6.45, 7) is 4.09. The number of hydrogen-bond donors (Lipinski definition) is 2. The lowest BCUT2D eigenvalue weighted by molar-refractivity contribution is -0.144. The van der Waals surface area contributed by atoms with Gasteiger partial charge in [0.25, 0.3) is 0 Å². The first kappa shape index (κ1) is 17.8. The first-order valence-corrected chi connectivity index (χ1v) is 7.56. The van der Waals surface area contributed by atoms with Crippen molar-refractivity contribution in [1.29, 1.82) is 0 Å². The van der Waals surface area contributed by atoms with Gasteiger partial charge in [-0.05, 0) is 31.0 Å². The molecule has 0 fully saturated rings. The van der Waals surface area contributed by atoms with Crippen molar-refractivity contribution >= 4 is 21.9 Å². The van der Waals surface area contributed by atoms with Crippen LogP contribution in [0.2, 0.25) is 0 Å². The van der Waals surface area contributed by atoms with Gasteiger partial charge >= 0.3 is 5.97 Å². The summed E-state index contributed by atoms with van der Waals surface area (Å²) in [7, 11) is 3.15. The Hall–Kier alpha value is -1.27. The number of benzene rings is 1. The third kappa shape index (κ3) is 4.35. The van der Waals surface area contributed by atoms with E-state index in [-0.39, 0.29) is 0 Å². The van der Waals surface area contributed by atoms with Gasteiger partial charge in [0, 0.05) is 11.0 Å². The average molecular weight is 360 g/mol. The molecular formula is C15H22BrNO4. The molecule has 0 aromatic heterocycles. The van der Waals surface area contributed by atoms with Gasteiger partial charge < -0.3 is 14.6 Å². The molecule has 0 aliphatic carbocycles. The van der Waals surface area contributed by atoms with E-state index in [2.05, 4.69) is 21.2 Å². The Morgan fingerprint density at radius 3 is 2.38 bits per heavy atom. The second-order valence-corrected chi connectivity index (χ2v) is 5.89. The van der Waals surface area contributed by atoms with Gasteiger partial charge in [0.2, 0.25) is 0 Å². The molecule has 1 aromatic carbocycles. The van der Waals surface area contributed by atoms with E-state index in [4.69, 9.17) is 9.47 Å². The molecule has 1 rings (SSSR count). The van der Waals surface area contributed by atoms with E-state index in [1.807, 2.05) is 19.1 Å². The predicted octanol–water partition coefficient (Wildman–Crippen LogP) is 3.20. The molecule has 1 unspecified atom stereocenters. The molecule has 21 heavy (non-hydrogen) atoms. The zero-order chi connectivity index (χ0) is 16.0. The average Bonchev–Trinajstić information content (AvgIpc) is 2.45. The van der Waals surface area contributed by atoms with Crippen LogP contribution in [0.3, 0.4) is 0 Å². The summed E-state index contributed by atoms with van der Waals surface area (Å²) in [6, 6.07) is 3.65.